The standard InChI is InChI=1S/C12H18N6O4/c1-16-8-9(15-11(16)14-4-6-19)17(2)12(22)18(10(8)21)5-3-7(13)20/h19H,3-6H2,1-2H3,(H2,13,20)(H,14,15). The van der Waals surface area contributed by atoms with Gasteiger partial charge in [0.15, 0.2) is 11.2 Å². The molecule has 0 saturated carbocycles. The molecule has 0 aliphatic heterocycles. The number of hydrogen-bond acceptors (Lipinski definition) is 6. The number of amides is 1. The molecule has 1 amide bonds. The van der Waals surface area contributed by atoms with E-state index in [0.717, 1.165) is 4.57 Å². The van der Waals surface area contributed by atoms with E-state index in [1.807, 2.05) is 0 Å². The van der Waals surface area contributed by atoms with Gasteiger partial charge in [0.2, 0.25) is 11.9 Å². The van der Waals surface area contributed by atoms with Crippen LogP contribution < -0.4 is 22.3 Å². The van der Waals surface area contributed by atoms with E-state index in [2.05, 4.69) is 10.3 Å². The van der Waals surface area contributed by atoms with E-state index < -0.39 is 17.2 Å². The van der Waals surface area contributed by atoms with Gasteiger partial charge < -0.3 is 20.7 Å². The Morgan fingerprint density at radius 1 is 1.32 bits per heavy atom. The summed E-state index contributed by atoms with van der Waals surface area (Å²) in [6, 6.07) is 0. The maximum atomic E-state index is 12.5. The summed E-state index contributed by atoms with van der Waals surface area (Å²) in [5.41, 5.74) is 4.42. The fourth-order valence-corrected chi connectivity index (χ4v) is 2.19. The number of nitrogens with zero attached hydrogens (tertiary/aromatic N) is 4. The first kappa shape index (κ1) is 15.8. The highest BCUT2D eigenvalue weighted by molar-refractivity contribution is 5.75. The second-order valence-corrected chi connectivity index (χ2v) is 4.83. The Morgan fingerprint density at radius 3 is 2.59 bits per heavy atom. The van der Waals surface area contributed by atoms with Crippen molar-refractivity contribution in [1.82, 2.24) is 18.7 Å². The molecule has 0 aliphatic rings. The number of carbonyl (C=O) groups excluding carboxylic acids is 1. The summed E-state index contributed by atoms with van der Waals surface area (Å²) < 4.78 is 3.71. The van der Waals surface area contributed by atoms with E-state index in [9.17, 15) is 14.4 Å². The lowest BCUT2D eigenvalue weighted by Crippen LogP contribution is -2.40. The normalized spacial score (nSPS) is 11.0. The number of hydrogen-bond donors (Lipinski definition) is 3. The van der Waals surface area contributed by atoms with Crippen LogP contribution in [0.25, 0.3) is 11.2 Å². The van der Waals surface area contributed by atoms with E-state index >= 15 is 0 Å². The lowest BCUT2D eigenvalue weighted by Gasteiger charge is -2.07. The third-order valence-corrected chi connectivity index (χ3v) is 3.34. The zero-order valence-corrected chi connectivity index (χ0v) is 12.4. The number of nitrogens with one attached hydrogen (secondary N) is 1. The summed E-state index contributed by atoms with van der Waals surface area (Å²) >= 11 is 0. The van der Waals surface area contributed by atoms with Crippen molar-refractivity contribution in [3.8, 4) is 0 Å². The summed E-state index contributed by atoms with van der Waals surface area (Å²) in [5.74, 6) is -0.229. The molecule has 10 nitrogen and oxygen atoms in total. The first-order valence-electron chi connectivity index (χ1n) is 6.67. The third-order valence-electron chi connectivity index (χ3n) is 3.34. The smallest absolute Gasteiger partial charge is 0.332 e. The number of aliphatic hydroxyl groups excluding tert-OH is 1. The quantitative estimate of drug-likeness (QED) is 0.549. The van der Waals surface area contributed by atoms with Crippen LogP contribution in [0.5, 0.6) is 0 Å². The van der Waals surface area contributed by atoms with Crippen molar-refractivity contribution < 1.29 is 9.90 Å². The SMILES string of the molecule is Cn1c(NCCO)nc2c1c(=O)n(CCC(N)=O)c(=O)n2C. The van der Waals surface area contributed by atoms with Gasteiger partial charge in [-0.1, -0.05) is 0 Å². The van der Waals surface area contributed by atoms with Crippen LogP contribution in [0.4, 0.5) is 5.95 Å². The topological polar surface area (TPSA) is 137 Å². The molecule has 0 aromatic carbocycles. The lowest BCUT2D eigenvalue weighted by atomic mass is 10.4. The first-order valence-corrected chi connectivity index (χ1v) is 6.67. The van der Waals surface area contributed by atoms with Crippen LogP contribution in [-0.4, -0.2) is 42.9 Å². The molecule has 0 unspecified atom stereocenters. The van der Waals surface area contributed by atoms with Gasteiger partial charge in [-0.15, -0.1) is 0 Å². The number of anilines is 1. The minimum atomic E-state index is -0.593. The minimum absolute atomic E-state index is 0.0820. The van der Waals surface area contributed by atoms with Crippen molar-refractivity contribution in [3.63, 3.8) is 0 Å². The van der Waals surface area contributed by atoms with Crippen molar-refractivity contribution in [2.24, 2.45) is 19.8 Å². The van der Waals surface area contributed by atoms with Crippen LogP contribution in [0.3, 0.4) is 0 Å². The lowest BCUT2D eigenvalue weighted by molar-refractivity contribution is -0.118. The Morgan fingerprint density at radius 2 is 2.00 bits per heavy atom. The molecule has 0 fully saturated rings. The Bertz CT molecular complexity index is 831. The summed E-state index contributed by atoms with van der Waals surface area (Å²) in [7, 11) is 3.12. The van der Waals surface area contributed by atoms with E-state index in [-0.39, 0.29) is 37.3 Å². The molecule has 2 rings (SSSR count). The second kappa shape index (κ2) is 6.02. The highest BCUT2D eigenvalue weighted by atomic mass is 16.3. The number of primary amides is 1. The number of nitrogens with two attached hydrogens (primary N) is 1. The predicted octanol–water partition coefficient (Wildman–Crippen LogP) is -2.29. The number of rotatable bonds is 6. The molecule has 2 heterocycles. The number of aryl methyl sites for hydroxylation is 2. The fraction of sp³-hybridized carbons (Fsp3) is 0.500. The second-order valence-electron chi connectivity index (χ2n) is 4.83. The molecule has 10 heteroatoms. The van der Waals surface area contributed by atoms with Gasteiger partial charge in [0.1, 0.15) is 0 Å². The zero-order valence-electron chi connectivity index (χ0n) is 12.4. The van der Waals surface area contributed by atoms with Crippen molar-refractivity contribution >= 4 is 23.0 Å². The van der Waals surface area contributed by atoms with E-state index in [1.54, 1.807) is 7.05 Å². The maximum Gasteiger partial charge on any atom is 0.332 e. The van der Waals surface area contributed by atoms with Crippen molar-refractivity contribution in [2.75, 3.05) is 18.5 Å². The van der Waals surface area contributed by atoms with Gasteiger partial charge in [0.25, 0.3) is 5.56 Å². The Hall–Kier alpha value is -2.62. The highest BCUT2D eigenvalue weighted by Crippen LogP contribution is 2.12. The largest absolute Gasteiger partial charge is 0.395 e. The third kappa shape index (κ3) is 2.60. The Balaban J connectivity index is 2.65. The molecule has 22 heavy (non-hydrogen) atoms. The van der Waals surface area contributed by atoms with Crippen LogP contribution in [0.15, 0.2) is 9.59 Å². The van der Waals surface area contributed by atoms with Gasteiger partial charge in [-0.05, 0) is 0 Å². The maximum absolute atomic E-state index is 12.5. The van der Waals surface area contributed by atoms with Gasteiger partial charge >= 0.3 is 5.69 Å². The Labute approximate surface area is 124 Å². The molecule has 0 aliphatic carbocycles. The van der Waals surface area contributed by atoms with Crippen molar-refractivity contribution in [3.05, 3.63) is 20.8 Å². The number of aliphatic hydroxyl groups is 1. The van der Waals surface area contributed by atoms with E-state index in [1.165, 1.54) is 16.2 Å². The summed E-state index contributed by atoms with van der Waals surface area (Å²) in [6.45, 7) is 0.0906. The molecule has 0 atom stereocenters. The number of carbonyl (C=O) groups is 1. The summed E-state index contributed by atoms with van der Waals surface area (Å²) in [4.78, 5) is 39.8. The predicted molar refractivity (Wildman–Crippen MR) is 79.6 cm³/mol. The van der Waals surface area contributed by atoms with Crippen LogP contribution in [0, 0.1) is 0 Å². The van der Waals surface area contributed by atoms with E-state index in [0.29, 0.717) is 5.95 Å². The van der Waals surface area contributed by atoms with E-state index in [4.69, 9.17) is 10.8 Å². The molecule has 0 bridgehead atoms. The van der Waals surface area contributed by atoms with Crippen LogP contribution in [-0.2, 0) is 25.4 Å². The highest BCUT2D eigenvalue weighted by Gasteiger charge is 2.18. The first-order chi connectivity index (χ1) is 10.4. The number of aromatic nitrogens is 4. The van der Waals surface area contributed by atoms with Crippen LogP contribution >= 0.6 is 0 Å². The molecule has 0 spiro atoms. The Kier molecular flexibility index (Phi) is 4.31. The molecule has 2 aromatic rings. The number of imidazole rings is 1. The number of fused-ring (bicyclic) bond motifs is 1. The van der Waals surface area contributed by atoms with Gasteiger partial charge in [-0.3, -0.25) is 18.7 Å². The molecule has 2 aromatic heterocycles. The summed E-state index contributed by atoms with van der Waals surface area (Å²) in [6.07, 6.45) is -0.103. The molecular weight excluding hydrogens is 292 g/mol. The van der Waals surface area contributed by atoms with Gasteiger partial charge in [0, 0.05) is 33.6 Å². The molecule has 0 radical (unpaired) electrons. The van der Waals surface area contributed by atoms with Crippen molar-refractivity contribution in [1.29, 1.82) is 0 Å². The zero-order chi connectivity index (χ0) is 16.4. The van der Waals surface area contributed by atoms with Crippen LogP contribution in [0.1, 0.15) is 6.42 Å². The van der Waals surface area contributed by atoms with Crippen molar-refractivity contribution in [2.45, 2.75) is 13.0 Å². The molecule has 120 valence electrons. The summed E-state index contributed by atoms with van der Waals surface area (Å²) in [5, 5.41) is 11.7. The van der Waals surface area contributed by atoms with Gasteiger partial charge in [0.05, 0.1) is 6.61 Å². The molecular formula is C12H18N6O4. The molecule has 0 saturated heterocycles. The average Bonchev–Trinajstić information content (AvgIpc) is 2.79. The van der Waals surface area contributed by atoms with Gasteiger partial charge in [-0.2, -0.15) is 4.98 Å². The average molecular weight is 310 g/mol. The monoisotopic (exact) mass is 310 g/mol. The minimum Gasteiger partial charge on any atom is -0.395 e. The van der Waals surface area contributed by atoms with Crippen LogP contribution in [0.2, 0.25) is 0 Å². The van der Waals surface area contributed by atoms with Gasteiger partial charge in [-0.25, -0.2) is 4.79 Å². The molecule has 4 N–H and O–H groups in total. The fourth-order valence-electron chi connectivity index (χ4n) is 2.19.